The second-order valence-corrected chi connectivity index (χ2v) is 3.11. The second kappa shape index (κ2) is 3.65. The number of Topliss-reactive ketones (excluding diaryl/α,β-unsaturated/α-hetero) is 1. The molecule has 4 heteroatoms. The molecule has 76 valence electrons. The average Bonchev–Trinajstić information content (AvgIpc) is 2.53. The van der Waals surface area contributed by atoms with Crippen LogP contribution >= 0.6 is 0 Å². The van der Waals surface area contributed by atoms with E-state index in [0.29, 0.717) is 5.56 Å². The number of halogens is 1. The first kappa shape index (κ1) is 9.58. The number of esters is 1. The molecule has 0 unspecified atom stereocenters. The first-order valence-corrected chi connectivity index (χ1v) is 4.34. The van der Waals surface area contributed by atoms with E-state index in [9.17, 15) is 14.0 Å². The first-order chi connectivity index (χ1) is 7.16. The lowest BCUT2D eigenvalue weighted by atomic mass is 10.1. The standard InChI is InChI=1S/C11H7FO3/c12-8-3-1-7(2-4-8)5-9-10(13)6-15-11(9)14/h1-5H,6H2. The van der Waals surface area contributed by atoms with E-state index >= 15 is 0 Å². The van der Waals surface area contributed by atoms with Crippen LogP contribution in [0.4, 0.5) is 4.39 Å². The van der Waals surface area contributed by atoms with Crippen LogP contribution in [0.15, 0.2) is 29.8 Å². The average molecular weight is 206 g/mol. The van der Waals surface area contributed by atoms with E-state index in [0.717, 1.165) is 0 Å². The predicted molar refractivity (Wildman–Crippen MR) is 50.3 cm³/mol. The zero-order valence-corrected chi connectivity index (χ0v) is 7.70. The van der Waals surface area contributed by atoms with Crippen molar-refractivity contribution in [3.8, 4) is 0 Å². The van der Waals surface area contributed by atoms with Crippen molar-refractivity contribution < 1.29 is 18.7 Å². The Balaban J connectivity index is 2.33. The Morgan fingerprint density at radius 3 is 2.40 bits per heavy atom. The van der Waals surface area contributed by atoms with Crippen LogP contribution in [-0.2, 0) is 14.3 Å². The van der Waals surface area contributed by atoms with Crippen LogP contribution < -0.4 is 0 Å². The number of hydrogen-bond acceptors (Lipinski definition) is 3. The van der Waals surface area contributed by atoms with Gasteiger partial charge in [-0.2, -0.15) is 0 Å². The highest BCUT2D eigenvalue weighted by Crippen LogP contribution is 2.14. The summed E-state index contributed by atoms with van der Waals surface area (Å²) in [6.07, 6.45) is 1.40. The van der Waals surface area contributed by atoms with Gasteiger partial charge < -0.3 is 4.74 Å². The molecule has 1 heterocycles. The Hall–Kier alpha value is -1.97. The summed E-state index contributed by atoms with van der Waals surface area (Å²) < 4.78 is 17.1. The normalized spacial score (nSPS) is 18.3. The van der Waals surface area contributed by atoms with Crippen molar-refractivity contribution in [1.82, 2.24) is 0 Å². The number of rotatable bonds is 1. The molecule has 1 aliphatic heterocycles. The van der Waals surface area contributed by atoms with Gasteiger partial charge in [0.1, 0.15) is 11.4 Å². The van der Waals surface area contributed by atoms with Crippen molar-refractivity contribution in [2.75, 3.05) is 6.61 Å². The molecule has 15 heavy (non-hydrogen) atoms. The van der Waals surface area contributed by atoms with Crippen molar-refractivity contribution >= 4 is 17.8 Å². The summed E-state index contributed by atoms with van der Waals surface area (Å²) in [5.74, 6) is -1.33. The Bertz CT molecular complexity index is 427. The Kier molecular flexibility index (Phi) is 2.33. The smallest absolute Gasteiger partial charge is 0.342 e. The van der Waals surface area contributed by atoms with Crippen molar-refractivity contribution in [3.05, 3.63) is 41.2 Å². The summed E-state index contributed by atoms with van der Waals surface area (Å²) in [5.41, 5.74) is 0.611. The third-order valence-electron chi connectivity index (χ3n) is 2.04. The predicted octanol–water partition coefficient (Wildman–Crippen LogP) is 1.34. The molecule has 1 aliphatic rings. The van der Waals surface area contributed by atoms with Crippen molar-refractivity contribution in [1.29, 1.82) is 0 Å². The van der Waals surface area contributed by atoms with E-state index in [2.05, 4.69) is 4.74 Å². The van der Waals surface area contributed by atoms with Gasteiger partial charge in [0, 0.05) is 0 Å². The van der Waals surface area contributed by atoms with Crippen molar-refractivity contribution in [2.24, 2.45) is 0 Å². The number of carbonyl (C=O) groups excluding carboxylic acids is 2. The number of hydrogen-bond donors (Lipinski definition) is 0. The van der Waals surface area contributed by atoms with E-state index in [4.69, 9.17) is 0 Å². The molecule has 2 rings (SSSR count). The summed E-state index contributed by atoms with van der Waals surface area (Å²) in [4.78, 5) is 22.2. The molecule has 3 nitrogen and oxygen atoms in total. The molecule has 0 amide bonds. The number of carbonyl (C=O) groups is 2. The van der Waals surface area contributed by atoms with E-state index in [-0.39, 0.29) is 23.8 Å². The SMILES string of the molecule is O=C1COC(=O)C1=Cc1ccc(F)cc1. The third kappa shape index (κ3) is 1.93. The topological polar surface area (TPSA) is 43.4 Å². The van der Waals surface area contributed by atoms with Gasteiger partial charge in [0.25, 0.3) is 0 Å². The molecule has 1 saturated heterocycles. The van der Waals surface area contributed by atoms with Gasteiger partial charge in [-0.15, -0.1) is 0 Å². The summed E-state index contributed by atoms with van der Waals surface area (Å²) in [6.45, 7) is -0.203. The molecule has 0 aromatic heterocycles. The van der Waals surface area contributed by atoms with Crippen LogP contribution in [0.25, 0.3) is 6.08 Å². The van der Waals surface area contributed by atoms with Gasteiger partial charge in [0.2, 0.25) is 5.78 Å². The largest absolute Gasteiger partial charge is 0.454 e. The zero-order valence-electron chi connectivity index (χ0n) is 7.70. The maximum Gasteiger partial charge on any atom is 0.342 e. The quantitative estimate of drug-likeness (QED) is 0.395. The molecule has 0 N–H and O–H groups in total. The molecule has 0 bridgehead atoms. The first-order valence-electron chi connectivity index (χ1n) is 4.34. The highest BCUT2D eigenvalue weighted by Gasteiger charge is 2.27. The second-order valence-electron chi connectivity index (χ2n) is 3.11. The van der Waals surface area contributed by atoms with Gasteiger partial charge >= 0.3 is 5.97 Å². The third-order valence-corrected chi connectivity index (χ3v) is 2.04. The molecular formula is C11H7FO3. The van der Waals surface area contributed by atoms with E-state index in [1.807, 2.05) is 0 Å². The molecule has 1 aromatic rings. The molecule has 0 saturated carbocycles. The summed E-state index contributed by atoms with van der Waals surface area (Å²) in [6, 6.07) is 5.50. The van der Waals surface area contributed by atoms with Gasteiger partial charge in [-0.25, -0.2) is 9.18 Å². The summed E-state index contributed by atoms with van der Waals surface area (Å²) in [7, 11) is 0. The van der Waals surface area contributed by atoms with Crippen molar-refractivity contribution in [3.63, 3.8) is 0 Å². The minimum absolute atomic E-state index is 0.0154. The van der Waals surface area contributed by atoms with Gasteiger partial charge in [0.15, 0.2) is 6.61 Å². The molecule has 0 spiro atoms. The van der Waals surface area contributed by atoms with Gasteiger partial charge in [0.05, 0.1) is 0 Å². The minimum Gasteiger partial charge on any atom is -0.454 e. The number of ether oxygens (including phenoxy) is 1. The lowest BCUT2D eigenvalue weighted by Gasteiger charge is -1.93. The summed E-state index contributed by atoms with van der Waals surface area (Å²) >= 11 is 0. The van der Waals surface area contributed by atoms with E-state index < -0.39 is 5.97 Å². The van der Waals surface area contributed by atoms with Crippen LogP contribution in [0, 0.1) is 5.82 Å². The van der Waals surface area contributed by atoms with Gasteiger partial charge in [-0.1, -0.05) is 12.1 Å². The monoisotopic (exact) mass is 206 g/mol. The lowest BCUT2D eigenvalue weighted by molar-refractivity contribution is -0.135. The fourth-order valence-electron chi connectivity index (χ4n) is 1.27. The fourth-order valence-corrected chi connectivity index (χ4v) is 1.27. The number of ketones is 1. The van der Waals surface area contributed by atoms with E-state index in [1.165, 1.54) is 30.3 Å². The summed E-state index contributed by atoms with van der Waals surface area (Å²) in [5, 5.41) is 0. The maximum atomic E-state index is 12.6. The lowest BCUT2D eigenvalue weighted by Crippen LogP contribution is -2.00. The Morgan fingerprint density at radius 2 is 1.87 bits per heavy atom. The zero-order chi connectivity index (χ0) is 10.8. The fraction of sp³-hybridized carbons (Fsp3) is 0.0909. The van der Waals surface area contributed by atoms with Crippen LogP contribution in [0.2, 0.25) is 0 Å². The molecule has 0 aliphatic carbocycles. The molecule has 1 aromatic carbocycles. The van der Waals surface area contributed by atoms with Crippen molar-refractivity contribution in [2.45, 2.75) is 0 Å². The maximum absolute atomic E-state index is 12.6. The Morgan fingerprint density at radius 1 is 1.20 bits per heavy atom. The number of cyclic esters (lactones) is 1. The van der Waals surface area contributed by atoms with Gasteiger partial charge in [-0.05, 0) is 23.8 Å². The molecule has 0 radical (unpaired) electrons. The van der Waals surface area contributed by atoms with Gasteiger partial charge in [-0.3, -0.25) is 4.79 Å². The highest BCUT2D eigenvalue weighted by atomic mass is 19.1. The van der Waals surface area contributed by atoms with Crippen LogP contribution in [0.5, 0.6) is 0 Å². The van der Waals surface area contributed by atoms with Crippen LogP contribution in [-0.4, -0.2) is 18.4 Å². The molecule has 0 atom stereocenters. The Labute approximate surface area is 85.2 Å². The number of benzene rings is 1. The highest BCUT2D eigenvalue weighted by molar-refractivity contribution is 6.24. The van der Waals surface area contributed by atoms with E-state index in [1.54, 1.807) is 0 Å². The molecular weight excluding hydrogens is 199 g/mol. The van der Waals surface area contributed by atoms with Crippen LogP contribution in [0.3, 0.4) is 0 Å². The van der Waals surface area contributed by atoms with Crippen LogP contribution in [0.1, 0.15) is 5.56 Å². The minimum atomic E-state index is -0.621. The molecule has 1 fully saturated rings.